The van der Waals surface area contributed by atoms with E-state index < -0.39 is 5.97 Å². The lowest BCUT2D eigenvalue weighted by Crippen LogP contribution is -2.29. The number of hydrogen-bond acceptors (Lipinski definition) is 2. The monoisotopic (exact) mass is 291 g/mol. The second-order valence-electron chi connectivity index (χ2n) is 5.64. The first-order valence-electron chi connectivity index (χ1n) is 8.20. The molecule has 0 saturated carbocycles. The standard InChI is InChI=1S/C18H29NO2/c1-2-3-4-8-14-19(16-13-18(20)21)15-9-12-17-10-6-5-7-11-17/h5-7,10-11H,2-4,8-9,12-16H2,1H3,(H,20,21). The molecule has 0 aliphatic carbocycles. The third-order valence-corrected chi connectivity index (χ3v) is 3.75. The first-order valence-corrected chi connectivity index (χ1v) is 8.20. The van der Waals surface area contributed by atoms with E-state index in [-0.39, 0.29) is 6.42 Å². The smallest absolute Gasteiger partial charge is 0.304 e. The molecule has 0 saturated heterocycles. The summed E-state index contributed by atoms with van der Waals surface area (Å²) in [7, 11) is 0. The molecule has 0 radical (unpaired) electrons. The Kier molecular flexibility index (Phi) is 9.55. The van der Waals surface area contributed by atoms with Crippen LogP contribution in [0.4, 0.5) is 0 Å². The molecular formula is C18H29NO2. The molecule has 0 unspecified atom stereocenters. The lowest BCUT2D eigenvalue weighted by Gasteiger charge is -2.21. The highest BCUT2D eigenvalue weighted by Gasteiger charge is 2.07. The van der Waals surface area contributed by atoms with Crippen LogP contribution in [-0.4, -0.2) is 35.6 Å². The number of aliphatic carboxylic acids is 1. The second kappa shape index (κ2) is 11.3. The Morgan fingerprint density at radius 2 is 1.71 bits per heavy atom. The summed E-state index contributed by atoms with van der Waals surface area (Å²) in [4.78, 5) is 13.1. The Morgan fingerprint density at radius 1 is 1.00 bits per heavy atom. The number of carbonyl (C=O) groups is 1. The van der Waals surface area contributed by atoms with E-state index in [2.05, 4.69) is 36.1 Å². The average molecular weight is 291 g/mol. The maximum absolute atomic E-state index is 10.7. The summed E-state index contributed by atoms with van der Waals surface area (Å²) < 4.78 is 0. The van der Waals surface area contributed by atoms with Crippen molar-refractivity contribution >= 4 is 5.97 Å². The number of carboxylic acids is 1. The summed E-state index contributed by atoms with van der Waals surface area (Å²) in [5, 5.41) is 8.85. The van der Waals surface area contributed by atoms with Gasteiger partial charge in [-0.15, -0.1) is 0 Å². The molecule has 1 N–H and O–H groups in total. The van der Waals surface area contributed by atoms with Crippen LogP contribution in [0.2, 0.25) is 0 Å². The van der Waals surface area contributed by atoms with Gasteiger partial charge in [-0.1, -0.05) is 56.5 Å². The van der Waals surface area contributed by atoms with Gasteiger partial charge in [0.25, 0.3) is 0 Å². The van der Waals surface area contributed by atoms with Crippen molar-refractivity contribution in [2.24, 2.45) is 0 Å². The van der Waals surface area contributed by atoms with Gasteiger partial charge in [-0.3, -0.25) is 4.79 Å². The highest BCUT2D eigenvalue weighted by atomic mass is 16.4. The van der Waals surface area contributed by atoms with Crippen molar-refractivity contribution < 1.29 is 9.90 Å². The molecule has 3 nitrogen and oxygen atoms in total. The summed E-state index contributed by atoms with van der Waals surface area (Å²) in [6.45, 7) is 4.91. The van der Waals surface area contributed by atoms with Gasteiger partial charge in [0.15, 0.2) is 0 Å². The number of rotatable bonds is 12. The van der Waals surface area contributed by atoms with Gasteiger partial charge < -0.3 is 10.0 Å². The molecule has 1 rings (SSSR count). The molecule has 0 heterocycles. The second-order valence-corrected chi connectivity index (χ2v) is 5.64. The summed E-state index contributed by atoms with van der Waals surface area (Å²) in [6.07, 6.45) is 7.35. The number of benzene rings is 1. The van der Waals surface area contributed by atoms with Crippen molar-refractivity contribution in [3.8, 4) is 0 Å². The van der Waals surface area contributed by atoms with Gasteiger partial charge in [0, 0.05) is 6.54 Å². The van der Waals surface area contributed by atoms with Crippen molar-refractivity contribution in [1.29, 1.82) is 0 Å². The summed E-state index contributed by atoms with van der Waals surface area (Å²) in [5.74, 6) is -0.698. The molecule has 21 heavy (non-hydrogen) atoms. The van der Waals surface area contributed by atoms with E-state index in [4.69, 9.17) is 5.11 Å². The van der Waals surface area contributed by atoms with Gasteiger partial charge in [0.2, 0.25) is 0 Å². The first kappa shape index (κ1) is 17.7. The summed E-state index contributed by atoms with van der Waals surface area (Å²) in [6, 6.07) is 10.5. The van der Waals surface area contributed by atoms with Crippen molar-refractivity contribution in [2.45, 2.75) is 51.9 Å². The zero-order valence-electron chi connectivity index (χ0n) is 13.3. The predicted molar refractivity (Wildman–Crippen MR) is 87.6 cm³/mol. The minimum absolute atomic E-state index is 0.249. The van der Waals surface area contributed by atoms with Crippen LogP contribution in [0.15, 0.2) is 30.3 Å². The maximum Gasteiger partial charge on any atom is 0.304 e. The SMILES string of the molecule is CCCCCCN(CCCc1ccccc1)CCC(=O)O. The third-order valence-electron chi connectivity index (χ3n) is 3.75. The number of unbranched alkanes of at least 4 members (excludes halogenated alkanes) is 3. The third kappa shape index (κ3) is 9.24. The Hall–Kier alpha value is -1.35. The minimum Gasteiger partial charge on any atom is -0.481 e. The molecule has 118 valence electrons. The van der Waals surface area contributed by atoms with Gasteiger partial charge in [-0.25, -0.2) is 0 Å². The molecule has 0 amide bonds. The van der Waals surface area contributed by atoms with E-state index in [9.17, 15) is 4.79 Å². The lowest BCUT2D eigenvalue weighted by atomic mass is 10.1. The first-order chi connectivity index (χ1) is 10.2. The molecule has 0 aromatic heterocycles. The van der Waals surface area contributed by atoms with Crippen molar-refractivity contribution in [3.05, 3.63) is 35.9 Å². The van der Waals surface area contributed by atoms with Crippen LogP contribution in [0.25, 0.3) is 0 Å². The molecule has 1 aromatic carbocycles. The Morgan fingerprint density at radius 3 is 2.38 bits per heavy atom. The largest absolute Gasteiger partial charge is 0.481 e. The van der Waals surface area contributed by atoms with E-state index in [1.54, 1.807) is 0 Å². The minimum atomic E-state index is -0.698. The highest BCUT2D eigenvalue weighted by Crippen LogP contribution is 2.06. The van der Waals surface area contributed by atoms with Crippen LogP contribution in [0.3, 0.4) is 0 Å². The topological polar surface area (TPSA) is 40.5 Å². The fourth-order valence-electron chi connectivity index (χ4n) is 2.50. The maximum atomic E-state index is 10.7. The lowest BCUT2D eigenvalue weighted by molar-refractivity contribution is -0.137. The molecule has 0 atom stereocenters. The van der Waals surface area contributed by atoms with Gasteiger partial charge in [0.05, 0.1) is 6.42 Å². The molecular weight excluding hydrogens is 262 g/mol. The number of nitrogens with zero attached hydrogens (tertiary/aromatic N) is 1. The van der Waals surface area contributed by atoms with Crippen LogP contribution in [0.5, 0.6) is 0 Å². The van der Waals surface area contributed by atoms with E-state index in [1.807, 2.05) is 6.07 Å². The van der Waals surface area contributed by atoms with Crippen LogP contribution < -0.4 is 0 Å². The van der Waals surface area contributed by atoms with Crippen LogP contribution in [-0.2, 0) is 11.2 Å². The van der Waals surface area contributed by atoms with Crippen LogP contribution in [0.1, 0.15) is 51.0 Å². The van der Waals surface area contributed by atoms with Crippen LogP contribution >= 0.6 is 0 Å². The van der Waals surface area contributed by atoms with Crippen LogP contribution in [0, 0.1) is 0 Å². The van der Waals surface area contributed by atoms with E-state index in [0.29, 0.717) is 6.54 Å². The van der Waals surface area contributed by atoms with E-state index >= 15 is 0 Å². The quantitative estimate of drug-likeness (QED) is 0.592. The fourth-order valence-corrected chi connectivity index (χ4v) is 2.50. The van der Waals surface area contributed by atoms with Gasteiger partial charge >= 0.3 is 5.97 Å². The molecule has 0 bridgehead atoms. The van der Waals surface area contributed by atoms with Gasteiger partial charge in [0.1, 0.15) is 0 Å². The van der Waals surface area contributed by atoms with E-state index in [1.165, 1.54) is 31.2 Å². The van der Waals surface area contributed by atoms with E-state index in [0.717, 1.165) is 25.9 Å². The number of hydrogen-bond donors (Lipinski definition) is 1. The van der Waals surface area contributed by atoms with Crippen molar-refractivity contribution in [1.82, 2.24) is 4.90 Å². The zero-order chi connectivity index (χ0) is 15.3. The zero-order valence-corrected chi connectivity index (χ0v) is 13.3. The Balaban J connectivity index is 2.27. The van der Waals surface area contributed by atoms with Crippen molar-refractivity contribution in [3.63, 3.8) is 0 Å². The molecule has 1 aromatic rings. The fraction of sp³-hybridized carbons (Fsp3) is 0.611. The molecule has 0 aliphatic rings. The Labute approximate surface area is 129 Å². The molecule has 0 spiro atoms. The Bertz CT molecular complexity index is 378. The summed E-state index contributed by atoms with van der Waals surface area (Å²) >= 11 is 0. The van der Waals surface area contributed by atoms with Crippen molar-refractivity contribution in [2.75, 3.05) is 19.6 Å². The normalized spacial score (nSPS) is 11.0. The summed E-state index contributed by atoms with van der Waals surface area (Å²) in [5.41, 5.74) is 1.36. The molecule has 3 heteroatoms. The number of carboxylic acid groups (broad SMARTS) is 1. The molecule has 0 fully saturated rings. The van der Waals surface area contributed by atoms with Gasteiger partial charge in [-0.2, -0.15) is 0 Å². The number of aryl methyl sites for hydroxylation is 1. The van der Waals surface area contributed by atoms with Gasteiger partial charge in [-0.05, 0) is 37.9 Å². The molecule has 0 aliphatic heterocycles. The predicted octanol–water partition coefficient (Wildman–Crippen LogP) is 3.98. The average Bonchev–Trinajstić information content (AvgIpc) is 2.49. The highest BCUT2D eigenvalue weighted by molar-refractivity contribution is 5.66.